The molecule has 1 aromatic heterocycles. The molecule has 2 aromatic rings. The van der Waals surface area contributed by atoms with Gasteiger partial charge < -0.3 is 4.74 Å². The predicted octanol–water partition coefficient (Wildman–Crippen LogP) is 2.17. The van der Waals surface area contributed by atoms with E-state index in [-0.39, 0.29) is 5.78 Å². The highest BCUT2D eigenvalue weighted by atomic mass is 32.1. The Balaban J connectivity index is 2.19. The van der Waals surface area contributed by atoms with Crippen LogP contribution in [-0.2, 0) is 0 Å². The lowest BCUT2D eigenvalue weighted by Crippen LogP contribution is -1.99. The number of rotatable bonds is 4. The molecule has 0 atom stereocenters. The molecule has 1 aromatic carbocycles. The molecule has 0 aliphatic heterocycles. The molecular formula is C11H10N2O2S. The van der Waals surface area contributed by atoms with Crippen molar-refractivity contribution in [2.24, 2.45) is 0 Å². The summed E-state index contributed by atoms with van der Waals surface area (Å²) in [4.78, 5) is 12.4. The molecule has 0 fully saturated rings. The zero-order valence-corrected chi connectivity index (χ0v) is 9.53. The lowest BCUT2D eigenvalue weighted by molar-refractivity contribution is 0.104. The van der Waals surface area contributed by atoms with E-state index in [9.17, 15) is 4.79 Å². The Hall–Kier alpha value is -1.75. The van der Waals surface area contributed by atoms with Crippen molar-refractivity contribution in [3.05, 3.63) is 40.9 Å². The third-order valence-corrected chi connectivity index (χ3v) is 2.68. The van der Waals surface area contributed by atoms with Crippen molar-refractivity contribution in [2.45, 2.75) is 6.92 Å². The number of carbonyl (C=O) groups is 1. The van der Waals surface area contributed by atoms with Gasteiger partial charge in [-0.1, -0.05) is 4.49 Å². The first-order valence-electron chi connectivity index (χ1n) is 4.86. The minimum Gasteiger partial charge on any atom is -0.494 e. The van der Waals surface area contributed by atoms with E-state index in [1.165, 1.54) is 6.20 Å². The van der Waals surface area contributed by atoms with Crippen LogP contribution in [0.1, 0.15) is 22.2 Å². The maximum absolute atomic E-state index is 11.9. The maximum Gasteiger partial charge on any atom is 0.206 e. The molecule has 0 unspecified atom stereocenters. The van der Waals surface area contributed by atoms with Gasteiger partial charge >= 0.3 is 0 Å². The molecule has 5 heteroatoms. The monoisotopic (exact) mass is 234 g/mol. The third kappa shape index (κ3) is 2.25. The van der Waals surface area contributed by atoms with Gasteiger partial charge in [-0.25, -0.2) is 0 Å². The summed E-state index contributed by atoms with van der Waals surface area (Å²) in [5.74, 6) is 0.708. The zero-order chi connectivity index (χ0) is 11.4. The van der Waals surface area contributed by atoms with E-state index < -0.39 is 0 Å². The van der Waals surface area contributed by atoms with Crippen LogP contribution in [0.25, 0.3) is 0 Å². The molecule has 0 saturated carbocycles. The predicted molar refractivity (Wildman–Crippen MR) is 61.0 cm³/mol. The van der Waals surface area contributed by atoms with Crippen molar-refractivity contribution in [3.63, 3.8) is 0 Å². The number of hydrogen-bond acceptors (Lipinski definition) is 5. The Morgan fingerprint density at radius 1 is 1.38 bits per heavy atom. The Bertz CT molecular complexity index is 465. The number of ether oxygens (including phenoxy) is 1. The van der Waals surface area contributed by atoms with Crippen LogP contribution in [0.4, 0.5) is 0 Å². The Morgan fingerprint density at radius 2 is 2.12 bits per heavy atom. The van der Waals surface area contributed by atoms with E-state index in [2.05, 4.69) is 9.59 Å². The van der Waals surface area contributed by atoms with Crippen LogP contribution in [-0.4, -0.2) is 22.0 Å². The first kappa shape index (κ1) is 10.8. The summed E-state index contributed by atoms with van der Waals surface area (Å²) in [5, 5.41) is 3.64. The number of nitrogens with zero attached hydrogens (tertiary/aromatic N) is 2. The second-order valence-electron chi connectivity index (χ2n) is 3.07. The topological polar surface area (TPSA) is 52.1 Å². The first-order chi connectivity index (χ1) is 7.81. The first-order valence-corrected chi connectivity index (χ1v) is 5.63. The fraction of sp³-hybridized carbons (Fsp3) is 0.182. The van der Waals surface area contributed by atoms with Crippen LogP contribution in [0.15, 0.2) is 30.5 Å². The van der Waals surface area contributed by atoms with E-state index in [4.69, 9.17) is 4.74 Å². The second-order valence-corrected chi connectivity index (χ2v) is 3.85. The summed E-state index contributed by atoms with van der Waals surface area (Å²) in [6.45, 7) is 2.54. The molecule has 2 rings (SSSR count). The highest BCUT2D eigenvalue weighted by molar-refractivity contribution is 7.08. The molecular weight excluding hydrogens is 224 g/mol. The SMILES string of the molecule is CCOc1ccc(C(=O)c2cnns2)cc1. The second kappa shape index (κ2) is 4.85. The van der Waals surface area contributed by atoms with E-state index in [0.717, 1.165) is 17.3 Å². The normalized spacial score (nSPS) is 10.1. The third-order valence-electron chi connectivity index (χ3n) is 2.01. The molecule has 0 radical (unpaired) electrons. The fourth-order valence-electron chi connectivity index (χ4n) is 1.28. The molecule has 4 nitrogen and oxygen atoms in total. The van der Waals surface area contributed by atoms with Crippen LogP contribution >= 0.6 is 11.5 Å². The van der Waals surface area contributed by atoms with Crippen LogP contribution in [0, 0.1) is 0 Å². The number of hydrogen-bond donors (Lipinski definition) is 0. The highest BCUT2D eigenvalue weighted by Crippen LogP contribution is 2.16. The van der Waals surface area contributed by atoms with E-state index >= 15 is 0 Å². The molecule has 0 N–H and O–H groups in total. The number of benzene rings is 1. The maximum atomic E-state index is 11.9. The Labute approximate surface area is 97.0 Å². The van der Waals surface area contributed by atoms with Crippen molar-refractivity contribution >= 4 is 17.3 Å². The standard InChI is InChI=1S/C11H10N2O2S/c1-2-15-9-5-3-8(4-6-9)11(14)10-7-12-13-16-10/h3-7H,2H2,1H3. The van der Waals surface area contributed by atoms with Gasteiger partial charge in [-0.05, 0) is 42.7 Å². The van der Waals surface area contributed by atoms with E-state index in [1.807, 2.05) is 6.92 Å². The van der Waals surface area contributed by atoms with Gasteiger partial charge in [0.1, 0.15) is 10.6 Å². The van der Waals surface area contributed by atoms with E-state index in [1.54, 1.807) is 24.3 Å². The average molecular weight is 234 g/mol. The van der Waals surface area contributed by atoms with Gasteiger partial charge in [0.05, 0.1) is 12.8 Å². The molecule has 16 heavy (non-hydrogen) atoms. The molecule has 0 amide bonds. The van der Waals surface area contributed by atoms with Crippen molar-refractivity contribution < 1.29 is 9.53 Å². The largest absolute Gasteiger partial charge is 0.494 e. The van der Waals surface area contributed by atoms with Gasteiger partial charge in [0.25, 0.3) is 0 Å². The van der Waals surface area contributed by atoms with E-state index in [0.29, 0.717) is 17.0 Å². The summed E-state index contributed by atoms with van der Waals surface area (Å²) >= 11 is 1.10. The zero-order valence-electron chi connectivity index (χ0n) is 8.71. The Kier molecular flexibility index (Phi) is 3.26. The minimum absolute atomic E-state index is 0.0574. The summed E-state index contributed by atoms with van der Waals surface area (Å²) in [7, 11) is 0. The molecule has 0 spiro atoms. The van der Waals surface area contributed by atoms with Gasteiger partial charge in [-0.2, -0.15) is 0 Å². The van der Waals surface area contributed by atoms with Crippen LogP contribution in [0.5, 0.6) is 5.75 Å². The molecule has 1 heterocycles. The minimum atomic E-state index is -0.0574. The molecule has 0 aliphatic carbocycles. The van der Waals surface area contributed by atoms with Crippen molar-refractivity contribution in [1.29, 1.82) is 0 Å². The summed E-state index contributed by atoms with van der Waals surface area (Å²) in [6, 6.07) is 7.05. The van der Waals surface area contributed by atoms with Crippen LogP contribution in [0.3, 0.4) is 0 Å². The number of carbonyl (C=O) groups excluding carboxylic acids is 1. The highest BCUT2D eigenvalue weighted by Gasteiger charge is 2.11. The lowest BCUT2D eigenvalue weighted by Gasteiger charge is -2.03. The van der Waals surface area contributed by atoms with Gasteiger partial charge in [0.15, 0.2) is 0 Å². The summed E-state index contributed by atoms with van der Waals surface area (Å²) < 4.78 is 8.96. The van der Waals surface area contributed by atoms with Crippen molar-refractivity contribution in [1.82, 2.24) is 9.59 Å². The smallest absolute Gasteiger partial charge is 0.206 e. The van der Waals surface area contributed by atoms with Crippen LogP contribution < -0.4 is 4.74 Å². The molecule has 82 valence electrons. The quantitative estimate of drug-likeness (QED) is 0.761. The Morgan fingerprint density at radius 3 is 2.69 bits per heavy atom. The van der Waals surface area contributed by atoms with Gasteiger partial charge in [-0.3, -0.25) is 4.79 Å². The summed E-state index contributed by atoms with van der Waals surface area (Å²) in [5.41, 5.74) is 0.620. The fourth-order valence-corrected chi connectivity index (χ4v) is 1.76. The lowest BCUT2D eigenvalue weighted by atomic mass is 10.1. The number of ketones is 1. The van der Waals surface area contributed by atoms with Gasteiger partial charge in [0.2, 0.25) is 5.78 Å². The molecule has 0 bridgehead atoms. The van der Waals surface area contributed by atoms with Gasteiger partial charge in [-0.15, -0.1) is 5.10 Å². The van der Waals surface area contributed by atoms with Crippen LogP contribution in [0.2, 0.25) is 0 Å². The molecule has 0 saturated heterocycles. The van der Waals surface area contributed by atoms with Crippen molar-refractivity contribution in [3.8, 4) is 5.75 Å². The van der Waals surface area contributed by atoms with Gasteiger partial charge in [0, 0.05) is 5.56 Å². The number of aromatic nitrogens is 2. The van der Waals surface area contributed by atoms with Crippen molar-refractivity contribution in [2.75, 3.05) is 6.61 Å². The average Bonchev–Trinajstić information content (AvgIpc) is 2.83. The summed E-state index contributed by atoms with van der Waals surface area (Å²) in [6.07, 6.45) is 1.48. The molecule has 0 aliphatic rings.